The van der Waals surface area contributed by atoms with Gasteiger partial charge in [-0.2, -0.15) is 0 Å². The highest BCUT2D eigenvalue weighted by atomic mass is 19.4. The number of carbonyl (C=O) groups excluding carboxylic acids is 1. The summed E-state index contributed by atoms with van der Waals surface area (Å²) in [7, 11) is 0. The molecular weight excluding hydrogens is 441 g/mol. The molecule has 0 atom stereocenters. The molecule has 1 aromatic carbocycles. The van der Waals surface area contributed by atoms with E-state index in [1.54, 1.807) is 12.3 Å². The minimum atomic E-state index is -4.63. The first-order chi connectivity index (χ1) is 16.0. The van der Waals surface area contributed by atoms with Crippen molar-refractivity contribution in [2.75, 3.05) is 6.54 Å². The maximum Gasteiger partial charge on any atom is 0.573 e. The number of aromatic nitrogens is 1. The molecule has 0 saturated heterocycles. The topological polar surface area (TPSA) is 51.2 Å². The van der Waals surface area contributed by atoms with Gasteiger partial charge in [-0.1, -0.05) is 85.2 Å². The lowest BCUT2D eigenvalue weighted by Crippen LogP contribution is -2.34. The Balaban J connectivity index is 0. The zero-order valence-corrected chi connectivity index (χ0v) is 21.3. The zero-order valence-electron chi connectivity index (χ0n) is 21.3. The molecule has 4 nitrogen and oxygen atoms in total. The molecule has 0 fully saturated rings. The minimum absolute atomic E-state index is 0. The Bertz CT molecular complexity index is 837. The van der Waals surface area contributed by atoms with Crippen LogP contribution in [-0.2, 0) is 6.42 Å². The van der Waals surface area contributed by atoms with Crippen molar-refractivity contribution in [3.8, 4) is 5.75 Å². The van der Waals surface area contributed by atoms with E-state index in [-0.39, 0.29) is 18.5 Å². The third-order valence-electron chi connectivity index (χ3n) is 4.75. The highest BCUT2D eigenvalue weighted by molar-refractivity contribution is 5.92. The molecule has 7 heteroatoms. The van der Waals surface area contributed by atoms with Gasteiger partial charge in [-0.05, 0) is 47.6 Å². The molecule has 0 aliphatic carbocycles. The molecule has 1 aromatic heterocycles. The number of nitrogens with zero attached hydrogens (tertiary/aromatic N) is 1. The lowest BCUT2D eigenvalue weighted by atomic mass is 9.87. The van der Waals surface area contributed by atoms with E-state index in [1.807, 2.05) is 19.9 Å². The van der Waals surface area contributed by atoms with Crippen LogP contribution in [0.4, 0.5) is 13.2 Å². The number of amides is 1. The summed E-state index contributed by atoms with van der Waals surface area (Å²) in [6.45, 7) is 16.8. The second-order valence-electron chi connectivity index (χ2n) is 8.18. The van der Waals surface area contributed by atoms with Crippen LogP contribution in [0.25, 0.3) is 6.08 Å². The predicted molar refractivity (Wildman–Crippen MR) is 136 cm³/mol. The number of pyridine rings is 1. The average molecular weight is 483 g/mol. The molecule has 1 amide bonds. The number of aryl methyl sites for hydroxylation is 1. The summed E-state index contributed by atoms with van der Waals surface area (Å²) in [6, 6.07) is 9.23. The lowest BCUT2D eigenvalue weighted by Gasteiger charge is -2.24. The molecule has 2 rings (SSSR count). The van der Waals surface area contributed by atoms with Crippen LogP contribution in [0.5, 0.6) is 5.75 Å². The first-order valence-electron chi connectivity index (χ1n) is 11.7. The Morgan fingerprint density at radius 2 is 1.74 bits per heavy atom. The molecule has 0 aliphatic heterocycles. The second-order valence-corrected chi connectivity index (χ2v) is 8.18. The van der Waals surface area contributed by atoms with Gasteiger partial charge in [-0.3, -0.25) is 9.78 Å². The van der Waals surface area contributed by atoms with Crippen molar-refractivity contribution in [1.82, 2.24) is 10.3 Å². The summed E-state index contributed by atoms with van der Waals surface area (Å²) >= 11 is 0. The number of unbranched alkanes of at least 4 members (excludes halogenated alkanes) is 1. The number of hydrogen-bond acceptors (Lipinski definition) is 3. The highest BCUT2D eigenvalue weighted by Crippen LogP contribution is 2.23. The van der Waals surface area contributed by atoms with Crippen molar-refractivity contribution in [3.63, 3.8) is 0 Å². The van der Waals surface area contributed by atoms with Gasteiger partial charge < -0.3 is 10.1 Å². The number of halogens is 3. The lowest BCUT2D eigenvalue weighted by molar-refractivity contribution is -0.274. The van der Waals surface area contributed by atoms with Crippen molar-refractivity contribution in [1.29, 1.82) is 0 Å². The highest BCUT2D eigenvalue weighted by Gasteiger charge is 2.30. The summed E-state index contributed by atoms with van der Waals surface area (Å²) in [5.74, 6) is -0.301. The quantitative estimate of drug-likeness (QED) is 0.393. The smallest absolute Gasteiger partial charge is 0.406 e. The third-order valence-corrected chi connectivity index (χ3v) is 4.75. The van der Waals surface area contributed by atoms with Crippen LogP contribution < -0.4 is 10.1 Å². The molecule has 0 unspecified atom stereocenters. The van der Waals surface area contributed by atoms with Crippen molar-refractivity contribution >= 4 is 12.0 Å². The Kier molecular flexibility index (Phi) is 14.6. The van der Waals surface area contributed by atoms with Crippen molar-refractivity contribution < 1.29 is 24.1 Å². The van der Waals surface area contributed by atoms with Gasteiger partial charge in [-0.25, -0.2) is 0 Å². The van der Waals surface area contributed by atoms with Gasteiger partial charge in [0.15, 0.2) is 0 Å². The number of carbonyl (C=O) groups is 1. The largest absolute Gasteiger partial charge is 0.573 e. The number of hydrogen-bond donors (Lipinski definition) is 1. The molecule has 2 aromatic rings. The number of rotatable bonds is 9. The number of nitrogens with one attached hydrogen (secondary N) is 1. The third kappa shape index (κ3) is 13.7. The molecule has 192 valence electrons. The molecule has 0 aliphatic rings. The van der Waals surface area contributed by atoms with Crippen LogP contribution >= 0.6 is 0 Å². The Morgan fingerprint density at radius 1 is 1.12 bits per heavy atom. The maximum atomic E-state index is 12.0. The second kappa shape index (κ2) is 15.9. The maximum absolute atomic E-state index is 12.0. The number of alkyl halides is 3. The van der Waals surface area contributed by atoms with Gasteiger partial charge >= 0.3 is 6.36 Å². The van der Waals surface area contributed by atoms with Gasteiger partial charge in [0.2, 0.25) is 0 Å². The fraction of sp³-hybridized carbons (Fsp3) is 0.481. The van der Waals surface area contributed by atoms with Gasteiger partial charge in [-0.15, -0.1) is 13.2 Å². The number of ether oxygens (including phenoxy) is 1. The van der Waals surface area contributed by atoms with Gasteiger partial charge in [0.1, 0.15) is 11.4 Å². The van der Waals surface area contributed by atoms with Crippen LogP contribution in [0.3, 0.4) is 0 Å². The SMILES string of the molecule is C=Cc1ccc(OC(F)(F)F)cc1.CC.CCCCC(C)(C)CNC(=O)c1ccc(CC)cn1.[HH]. The molecule has 34 heavy (non-hydrogen) atoms. The van der Waals surface area contributed by atoms with E-state index in [2.05, 4.69) is 49.3 Å². The monoisotopic (exact) mass is 482 g/mol. The first-order valence-corrected chi connectivity index (χ1v) is 11.7. The van der Waals surface area contributed by atoms with Crippen LogP contribution in [0, 0.1) is 5.41 Å². The predicted octanol–water partition coefficient (Wildman–Crippen LogP) is 8.09. The van der Waals surface area contributed by atoms with Crippen LogP contribution in [-0.4, -0.2) is 23.8 Å². The minimum Gasteiger partial charge on any atom is -0.406 e. The molecule has 1 N–H and O–H groups in total. The number of benzene rings is 1. The van der Waals surface area contributed by atoms with Gasteiger partial charge in [0, 0.05) is 14.2 Å². The standard InChI is InChI=1S/C16H26N2O.C9H7F3O.C2H6.H2/c1-5-7-10-16(3,4)12-18-15(19)14-9-8-13(6-2)11-17-14;1-2-7-3-5-8(6-4-7)13-9(10,11)12;1-2;/h8-9,11H,5-7,10,12H2,1-4H3,(H,18,19);2-6H,1H2;1-2H3;1H. The molecule has 0 bridgehead atoms. The first kappa shape index (κ1) is 31.2. The summed E-state index contributed by atoms with van der Waals surface area (Å²) in [6.07, 6.45) is 3.15. The summed E-state index contributed by atoms with van der Waals surface area (Å²) in [5.41, 5.74) is 2.55. The van der Waals surface area contributed by atoms with E-state index in [1.165, 1.54) is 43.2 Å². The van der Waals surface area contributed by atoms with E-state index in [0.717, 1.165) is 24.0 Å². The fourth-order valence-electron chi connectivity index (χ4n) is 2.73. The zero-order chi connectivity index (χ0) is 26.2. The van der Waals surface area contributed by atoms with Crippen molar-refractivity contribution in [3.05, 3.63) is 66.0 Å². The van der Waals surface area contributed by atoms with E-state index < -0.39 is 6.36 Å². The van der Waals surface area contributed by atoms with Gasteiger partial charge in [0.05, 0.1) is 0 Å². The fourth-order valence-corrected chi connectivity index (χ4v) is 2.73. The Labute approximate surface area is 204 Å². The Hall–Kier alpha value is -2.83. The van der Waals surface area contributed by atoms with Crippen molar-refractivity contribution in [2.24, 2.45) is 5.41 Å². The van der Waals surface area contributed by atoms with Crippen LogP contribution in [0.15, 0.2) is 49.2 Å². The molecule has 0 saturated carbocycles. The van der Waals surface area contributed by atoms with Gasteiger partial charge in [0.25, 0.3) is 5.91 Å². The summed E-state index contributed by atoms with van der Waals surface area (Å²) in [4.78, 5) is 16.2. The Morgan fingerprint density at radius 3 is 2.18 bits per heavy atom. The normalized spacial score (nSPS) is 10.7. The average Bonchev–Trinajstić information content (AvgIpc) is 2.82. The van der Waals surface area contributed by atoms with E-state index in [9.17, 15) is 18.0 Å². The molecule has 0 radical (unpaired) electrons. The molecule has 0 spiro atoms. The van der Waals surface area contributed by atoms with E-state index >= 15 is 0 Å². The summed E-state index contributed by atoms with van der Waals surface area (Å²) in [5, 5.41) is 2.98. The van der Waals surface area contributed by atoms with Crippen LogP contribution in [0.2, 0.25) is 0 Å². The van der Waals surface area contributed by atoms with Crippen LogP contribution in [0.1, 0.15) is 83.8 Å². The molecular formula is C27H41F3N2O2. The van der Waals surface area contributed by atoms with E-state index in [4.69, 9.17) is 0 Å². The molecule has 1 heterocycles. The summed E-state index contributed by atoms with van der Waals surface area (Å²) < 4.78 is 38.7. The van der Waals surface area contributed by atoms with E-state index in [0.29, 0.717) is 12.2 Å². The van der Waals surface area contributed by atoms with Crippen molar-refractivity contribution in [2.45, 2.75) is 73.6 Å².